The smallest absolute Gasteiger partial charge is 0.315 e. The van der Waals surface area contributed by atoms with Crippen LogP contribution in [0.1, 0.15) is 31.7 Å². The molecule has 110 valence electrons. The van der Waals surface area contributed by atoms with E-state index in [9.17, 15) is 15.0 Å². The van der Waals surface area contributed by atoms with Gasteiger partial charge in [-0.1, -0.05) is 25.5 Å². The zero-order valence-electron chi connectivity index (χ0n) is 11.7. The molecule has 0 spiro atoms. The lowest BCUT2D eigenvalue weighted by Gasteiger charge is -2.30. The van der Waals surface area contributed by atoms with Crippen LogP contribution in [0.3, 0.4) is 0 Å². The summed E-state index contributed by atoms with van der Waals surface area (Å²) < 4.78 is 0. The maximum Gasteiger partial charge on any atom is 0.315 e. The van der Waals surface area contributed by atoms with Crippen LogP contribution in [0.15, 0.2) is 24.3 Å². The second kappa shape index (κ2) is 6.13. The number of phenolic OH excluding ortho intramolecular Hbond substituents is 1. The van der Waals surface area contributed by atoms with Crippen LogP contribution in [0.2, 0.25) is 0 Å². The fourth-order valence-electron chi connectivity index (χ4n) is 2.67. The Balaban J connectivity index is 1.82. The van der Waals surface area contributed by atoms with Crippen molar-refractivity contribution in [3.63, 3.8) is 0 Å². The predicted octanol–water partition coefficient (Wildman–Crippen LogP) is 1.74. The van der Waals surface area contributed by atoms with E-state index in [0.717, 1.165) is 24.8 Å². The lowest BCUT2D eigenvalue weighted by atomic mass is 9.86. The molecule has 2 unspecified atom stereocenters. The maximum absolute atomic E-state index is 11.9. The zero-order chi connectivity index (χ0) is 14.6. The standard InChI is InChI=1S/C15H22N2O3/c1-15(10-18)8-2-3-13(15)17-14(20)16-9-11-4-6-12(19)7-5-11/h4-7,13,18-19H,2-3,8-10H2,1H3,(H2,16,17,20). The molecule has 1 aliphatic rings. The van der Waals surface area contributed by atoms with Crippen LogP contribution < -0.4 is 10.6 Å². The number of aliphatic hydroxyl groups excluding tert-OH is 1. The average Bonchev–Trinajstić information content (AvgIpc) is 2.80. The summed E-state index contributed by atoms with van der Waals surface area (Å²) in [6.07, 6.45) is 2.87. The van der Waals surface area contributed by atoms with Gasteiger partial charge in [-0.25, -0.2) is 4.79 Å². The van der Waals surface area contributed by atoms with Gasteiger partial charge in [-0.3, -0.25) is 0 Å². The maximum atomic E-state index is 11.9. The summed E-state index contributed by atoms with van der Waals surface area (Å²) in [5.41, 5.74) is 0.713. The summed E-state index contributed by atoms with van der Waals surface area (Å²) in [5, 5.41) is 24.4. The predicted molar refractivity (Wildman–Crippen MR) is 76.3 cm³/mol. The van der Waals surface area contributed by atoms with Gasteiger partial charge in [-0.05, 0) is 30.5 Å². The van der Waals surface area contributed by atoms with Crippen molar-refractivity contribution in [1.29, 1.82) is 0 Å². The topological polar surface area (TPSA) is 81.6 Å². The Hall–Kier alpha value is -1.75. The van der Waals surface area contributed by atoms with E-state index in [1.54, 1.807) is 24.3 Å². The van der Waals surface area contributed by atoms with E-state index in [2.05, 4.69) is 10.6 Å². The molecule has 0 heterocycles. The molecule has 2 amide bonds. The SMILES string of the molecule is CC1(CO)CCCC1NC(=O)NCc1ccc(O)cc1. The molecule has 2 rings (SSSR count). The van der Waals surface area contributed by atoms with Crippen LogP contribution in [0.5, 0.6) is 5.75 Å². The van der Waals surface area contributed by atoms with Crippen LogP contribution in [-0.2, 0) is 6.54 Å². The molecule has 4 N–H and O–H groups in total. The van der Waals surface area contributed by atoms with Crippen molar-refractivity contribution < 1.29 is 15.0 Å². The van der Waals surface area contributed by atoms with Crippen molar-refractivity contribution in [3.8, 4) is 5.75 Å². The lowest BCUT2D eigenvalue weighted by Crippen LogP contribution is -2.48. The van der Waals surface area contributed by atoms with Gasteiger partial charge >= 0.3 is 6.03 Å². The fourth-order valence-corrected chi connectivity index (χ4v) is 2.67. The third-order valence-corrected chi connectivity index (χ3v) is 4.14. The van der Waals surface area contributed by atoms with E-state index in [-0.39, 0.29) is 29.8 Å². The number of phenols is 1. The van der Waals surface area contributed by atoms with Gasteiger partial charge in [0.25, 0.3) is 0 Å². The van der Waals surface area contributed by atoms with E-state index >= 15 is 0 Å². The molecule has 0 radical (unpaired) electrons. The van der Waals surface area contributed by atoms with Gasteiger partial charge in [-0.15, -0.1) is 0 Å². The number of benzene rings is 1. The summed E-state index contributed by atoms with van der Waals surface area (Å²) >= 11 is 0. The summed E-state index contributed by atoms with van der Waals surface area (Å²) in [6, 6.07) is 6.52. The number of nitrogens with one attached hydrogen (secondary N) is 2. The zero-order valence-corrected chi connectivity index (χ0v) is 11.7. The van der Waals surface area contributed by atoms with Gasteiger partial charge in [0.05, 0.1) is 6.61 Å². The normalized spacial score (nSPS) is 25.4. The fraction of sp³-hybridized carbons (Fsp3) is 0.533. The van der Waals surface area contributed by atoms with Crippen LogP contribution in [0, 0.1) is 5.41 Å². The molecule has 2 atom stereocenters. The van der Waals surface area contributed by atoms with Crippen LogP contribution in [0.25, 0.3) is 0 Å². The van der Waals surface area contributed by atoms with Crippen LogP contribution in [0.4, 0.5) is 4.79 Å². The number of carbonyl (C=O) groups excluding carboxylic acids is 1. The minimum atomic E-state index is -0.218. The molecular weight excluding hydrogens is 256 g/mol. The van der Waals surface area contributed by atoms with E-state index in [4.69, 9.17) is 0 Å². The van der Waals surface area contributed by atoms with Gasteiger partial charge < -0.3 is 20.8 Å². The third-order valence-electron chi connectivity index (χ3n) is 4.14. The van der Waals surface area contributed by atoms with Gasteiger partial charge in [0.2, 0.25) is 0 Å². The van der Waals surface area contributed by atoms with Crippen molar-refractivity contribution >= 4 is 6.03 Å². The molecule has 0 bridgehead atoms. The van der Waals surface area contributed by atoms with E-state index in [1.165, 1.54) is 0 Å². The second-order valence-corrected chi connectivity index (χ2v) is 5.75. The number of aliphatic hydroxyl groups is 1. The first-order chi connectivity index (χ1) is 9.53. The number of rotatable bonds is 4. The summed E-state index contributed by atoms with van der Waals surface area (Å²) in [6.45, 7) is 2.51. The van der Waals surface area contributed by atoms with Gasteiger partial charge in [0.1, 0.15) is 5.75 Å². The van der Waals surface area contributed by atoms with Crippen molar-refractivity contribution in [2.24, 2.45) is 5.41 Å². The molecule has 1 aromatic rings. The Morgan fingerprint density at radius 1 is 1.40 bits per heavy atom. The second-order valence-electron chi connectivity index (χ2n) is 5.75. The number of aromatic hydroxyl groups is 1. The molecule has 5 nitrogen and oxygen atoms in total. The number of hydrogen-bond acceptors (Lipinski definition) is 3. The number of hydrogen-bond donors (Lipinski definition) is 4. The minimum Gasteiger partial charge on any atom is -0.508 e. The highest BCUT2D eigenvalue weighted by molar-refractivity contribution is 5.74. The Morgan fingerprint density at radius 2 is 2.10 bits per heavy atom. The molecular formula is C15H22N2O3. The molecule has 0 aliphatic heterocycles. The van der Waals surface area contributed by atoms with Crippen LogP contribution >= 0.6 is 0 Å². The first-order valence-electron chi connectivity index (χ1n) is 6.97. The lowest BCUT2D eigenvalue weighted by molar-refractivity contribution is 0.121. The minimum absolute atomic E-state index is 0.0207. The molecule has 1 saturated carbocycles. The summed E-state index contributed by atoms with van der Waals surface area (Å²) in [7, 11) is 0. The Labute approximate surface area is 119 Å². The molecule has 1 aliphatic carbocycles. The largest absolute Gasteiger partial charge is 0.508 e. The van der Waals surface area contributed by atoms with E-state index in [1.807, 2.05) is 6.92 Å². The first kappa shape index (κ1) is 14.7. The third kappa shape index (κ3) is 3.42. The molecule has 1 aromatic carbocycles. The molecule has 0 saturated heterocycles. The monoisotopic (exact) mass is 278 g/mol. The van der Waals surface area contributed by atoms with Crippen molar-refractivity contribution in [2.75, 3.05) is 6.61 Å². The summed E-state index contributed by atoms with van der Waals surface area (Å²) in [5.74, 6) is 0.211. The molecule has 0 aromatic heterocycles. The van der Waals surface area contributed by atoms with Gasteiger partial charge in [-0.2, -0.15) is 0 Å². The van der Waals surface area contributed by atoms with Crippen molar-refractivity contribution in [1.82, 2.24) is 10.6 Å². The van der Waals surface area contributed by atoms with Crippen molar-refractivity contribution in [2.45, 2.75) is 38.8 Å². The van der Waals surface area contributed by atoms with E-state index in [0.29, 0.717) is 6.54 Å². The highest BCUT2D eigenvalue weighted by Gasteiger charge is 2.38. The molecule has 20 heavy (non-hydrogen) atoms. The Kier molecular flexibility index (Phi) is 4.49. The first-order valence-corrected chi connectivity index (χ1v) is 6.97. The molecule has 5 heteroatoms. The average molecular weight is 278 g/mol. The van der Waals surface area contributed by atoms with Gasteiger partial charge in [0, 0.05) is 18.0 Å². The number of carbonyl (C=O) groups is 1. The quantitative estimate of drug-likeness (QED) is 0.677. The van der Waals surface area contributed by atoms with Crippen LogP contribution in [-0.4, -0.2) is 28.9 Å². The van der Waals surface area contributed by atoms with E-state index < -0.39 is 0 Å². The highest BCUT2D eigenvalue weighted by atomic mass is 16.3. The van der Waals surface area contributed by atoms with Crippen molar-refractivity contribution in [3.05, 3.63) is 29.8 Å². The summed E-state index contributed by atoms with van der Waals surface area (Å²) in [4.78, 5) is 11.9. The number of urea groups is 1. The Bertz CT molecular complexity index is 461. The Morgan fingerprint density at radius 3 is 2.75 bits per heavy atom. The molecule has 1 fully saturated rings. The van der Waals surface area contributed by atoms with Gasteiger partial charge in [0.15, 0.2) is 0 Å². The highest BCUT2D eigenvalue weighted by Crippen LogP contribution is 2.37. The number of amides is 2.